The number of rotatable bonds is 5. The van der Waals surface area contributed by atoms with E-state index in [2.05, 4.69) is 18.3 Å². The number of hydrogen-bond donors (Lipinski definition) is 1. The van der Waals surface area contributed by atoms with Gasteiger partial charge in [0.2, 0.25) is 10.0 Å². The molecule has 2 aromatic carbocycles. The van der Waals surface area contributed by atoms with E-state index >= 15 is 0 Å². The van der Waals surface area contributed by atoms with Crippen LogP contribution in [0, 0.1) is 24.2 Å². The second-order valence-corrected chi connectivity index (χ2v) is 9.49. The molecule has 0 radical (unpaired) electrons. The van der Waals surface area contributed by atoms with Crippen LogP contribution in [0.3, 0.4) is 0 Å². The maximum Gasteiger partial charge on any atom is 0.255 e. The van der Waals surface area contributed by atoms with E-state index in [1.54, 1.807) is 43.3 Å². The number of hydrogen-bond acceptors (Lipinski definition) is 4. The van der Waals surface area contributed by atoms with Crippen molar-refractivity contribution in [1.82, 2.24) is 4.31 Å². The molecule has 29 heavy (non-hydrogen) atoms. The summed E-state index contributed by atoms with van der Waals surface area (Å²) in [4.78, 5) is 12.9. The molecule has 0 unspecified atom stereocenters. The standard InChI is InChI=1S/C22H25N3O3S/c1-16-10-13-25(14-11-16)29(27,28)20-8-3-17(2)21(15-20)22(26)24-19-6-4-18(5-7-19)9-12-23/h3-8,15-16H,9-11,13-14H2,1-2H3,(H,24,26). The zero-order chi connectivity index (χ0) is 21.0. The van der Waals surface area contributed by atoms with Crippen molar-refractivity contribution in [3.05, 3.63) is 59.2 Å². The van der Waals surface area contributed by atoms with Gasteiger partial charge in [-0.2, -0.15) is 9.57 Å². The zero-order valence-corrected chi connectivity index (χ0v) is 17.5. The third kappa shape index (κ3) is 4.84. The van der Waals surface area contributed by atoms with Gasteiger partial charge in [0.1, 0.15) is 0 Å². The fourth-order valence-electron chi connectivity index (χ4n) is 3.38. The lowest BCUT2D eigenvalue weighted by Crippen LogP contribution is -2.38. The number of carbonyl (C=O) groups is 1. The van der Waals surface area contributed by atoms with Gasteiger partial charge in [-0.15, -0.1) is 0 Å². The molecule has 1 amide bonds. The number of nitrogens with zero attached hydrogens (tertiary/aromatic N) is 2. The van der Waals surface area contributed by atoms with Crippen LogP contribution in [-0.2, 0) is 16.4 Å². The van der Waals surface area contributed by atoms with E-state index in [-0.39, 0.29) is 10.8 Å². The van der Waals surface area contributed by atoms with Gasteiger partial charge in [-0.05, 0) is 61.1 Å². The van der Waals surface area contributed by atoms with Crippen LogP contribution in [0.2, 0.25) is 0 Å². The van der Waals surface area contributed by atoms with E-state index in [1.807, 2.05) is 0 Å². The molecule has 2 aromatic rings. The summed E-state index contributed by atoms with van der Waals surface area (Å²) >= 11 is 0. The Morgan fingerprint density at radius 1 is 1.17 bits per heavy atom. The Labute approximate surface area is 172 Å². The molecule has 0 atom stereocenters. The van der Waals surface area contributed by atoms with Crippen LogP contribution in [0.5, 0.6) is 0 Å². The number of carbonyl (C=O) groups excluding carboxylic acids is 1. The maximum atomic E-state index is 13.0. The molecule has 0 aliphatic carbocycles. The summed E-state index contributed by atoms with van der Waals surface area (Å²) in [6.07, 6.45) is 2.00. The van der Waals surface area contributed by atoms with E-state index < -0.39 is 10.0 Å². The molecule has 1 aliphatic rings. The lowest BCUT2D eigenvalue weighted by atomic mass is 10.0. The first kappa shape index (κ1) is 21.0. The Kier molecular flexibility index (Phi) is 6.36. The largest absolute Gasteiger partial charge is 0.322 e. The number of amides is 1. The predicted octanol–water partition coefficient (Wildman–Crippen LogP) is 3.73. The monoisotopic (exact) mass is 411 g/mol. The SMILES string of the molecule is Cc1ccc(S(=O)(=O)N2CCC(C)CC2)cc1C(=O)Nc1ccc(CC#N)cc1. The van der Waals surface area contributed by atoms with Crippen molar-refractivity contribution in [3.8, 4) is 6.07 Å². The number of sulfonamides is 1. The summed E-state index contributed by atoms with van der Waals surface area (Å²) in [6, 6.07) is 13.8. The van der Waals surface area contributed by atoms with Gasteiger partial charge in [-0.3, -0.25) is 4.79 Å². The van der Waals surface area contributed by atoms with Gasteiger partial charge >= 0.3 is 0 Å². The van der Waals surface area contributed by atoms with E-state index in [1.165, 1.54) is 10.4 Å². The van der Waals surface area contributed by atoms with Gasteiger partial charge < -0.3 is 5.32 Å². The topological polar surface area (TPSA) is 90.3 Å². The summed E-state index contributed by atoms with van der Waals surface area (Å²) in [5.74, 6) is 0.167. The van der Waals surface area contributed by atoms with Crippen molar-refractivity contribution < 1.29 is 13.2 Å². The molecular formula is C22H25N3O3S. The summed E-state index contributed by atoms with van der Waals surface area (Å²) in [5.41, 5.74) is 2.49. The van der Waals surface area contributed by atoms with Crippen molar-refractivity contribution >= 4 is 21.6 Å². The summed E-state index contributed by atoms with van der Waals surface area (Å²) in [5, 5.41) is 11.5. The fourth-order valence-corrected chi connectivity index (χ4v) is 4.87. The molecule has 0 bridgehead atoms. The molecule has 1 saturated heterocycles. The molecule has 7 heteroatoms. The Bertz CT molecular complexity index is 1030. The first-order valence-corrected chi connectivity index (χ1v) is 11.1. The Hall–Kier alpha value is -2.69. The minimum atomic E-state index is -3.62. The molecule has 0 spiro atoms. The van der Waals surface area contributed by atoms with Crippen molar-refractivity contribution in [3.63, 3.8) is 0 Å². The molecule has 1 aliphatic heterocycles. The van der Waals surface area contributed by atoms with Crippen LogP contribution in [0.4, 0.5) is 5.69 Å². The number of piperidine rings is 1. The molecule has 1 heterocycles. The minimum absolute atomic E-state index is 0.146. The van der Waals surface area contributed by atoms with Crippen molar-refractivity contribution in [2.75, 3.05) is 18.4 Å². The van der Waals surface area contributed by atoms with Gasteiger partial charge in [0.15, 0.2) is 0 Å². The van der Waals surface area contributed by atoms with Gasteiger partial charge in [-0.25, -0.2) is 8.42 Å². The first-order chi connectivity index (χ1) is 13.8. The van der Waals surface area contributed by atoms with Crippen LogP contribution in [0.1, 0.15) is 41.3 Å². The third-order valence-electron chi connectivity index (χ3n) is 5.33. The summed E-state index contributed by atoms with van der Waals surface area (Å²) in [6.45, 7) is 4.93. The van der Waals surface area contributed by atoms with E-state index in [4.69, 9.17) is 5.26 Å². The lowest BCUT2D eigenvalue weighted by molar-refractivity contribution is 0.102. The van der Waals surface area contributed by atoms with Crippen LogP contribution >= 0.6 is 0 Å². The second-order valence-electron chi connectivity index (χ2n) is 7.55. The molecule has 6 nitrogen and oxygen atoms in total. The number of benzene rings is 2. The van der Waals surface area contributed by atoms with Crippen LogP contribution in [0.15, 0.2) is 47.4 Å². The number of nitrogens with one attached hydrogen (secondary N) is 1. The van der Waals surface area contributed by atoms with E-state index in [0.29, 0.717) is 42.2 Å². The minimum Gasteiger partial charge on any atom is -0.322 e. The highest BCUT2D eigenvalue weighted by atomic mass is 32.2. The maximum absolute atomic E-state index is 13.0. The van der Waals surface area contributed by atoms with Crippen LogP contribution in [0.25, 0.3) is 0 Å². The first-order valence-electron chi connectivity index (χ1n) is 9.69. The molecule has 3 rings (SSSR count). The Morgan fingerprint density at radius 3 is 2.45 bits per heavy atom. The Balaban J connectivity index is 1.81. The highest BCUT2D eigenvalue weighted by Gasteiger charge is 2.28. The lowest BCUT2D eigenvalue weighted by Gasteiger charge is -2.29. The van der Waals surface area contributed by atoms with Gasteiger partial charge in [0.25, 0.3) is 5.91 Å². The zero-order valence-electron chi connectivity index (χ0n) is 16.7. The second kappa shape index (κ2) is 8.76. The smallest absolute Gasteiger partial charge is 0.255 e. The highest BCUT2D eigenvalue weighted by Crippen LogP contribution is 2.25. The molecule has 152 valence electrons. The quantitative estimate of drug-likeness (QED) is 0.812. The van der Waals surface area contributed by atoms with E-state index in [0.717, 1.165) is 18.4 Å². The number of anilines is 1. The van der Waals surface area contributed by atoms with Gasteiger partial charge in [0.05, 0.1) is 17.4 Å². The molecule has 1 N–H and O–H groups in total. The number of nitriles is 1. The summed E-state index contributed by atoms with van der Waals surface area (Å²) in [7, 11) is -3.62. The molecule has 1 fully saturated rings. The van der Waals surface area contributed by atoms with Crippen molar-refractivity contribution in [1.29, 1.82) is 5.26 Å². The molecule has 0 saturated carbocycles. The Morgan fingerprint density at radius 2 is 1.83 bits per heavy atom. The van der Waals surface area contributed by atoms with Gasteiger partial charge in [0, 0.05) is 24.3 Å². The fraction of sp³-hybridized carbons (Fsp3) is 0.364. The van der Waals surface area contributed by atoms with Crippen molar-refractivity contribution in [2.24, 2.45) is 5.92 Å². The molecule has 0 aromatic heterocycles. The highest BCUT2D eigenvalue weighted by molar-refractivity contribution is 7.89. The van der Waals surface area contributed by atoms with Crippen molar-refractivity contribution in [2.45, 2.75) is 38.0 Å². The number of aryl methyl sites for hydroxylation is 1. The van der Waals surface area contributed by atoms with Gasteiger partial charge in [-0.1, -0.05) is 25.1 Å². The van der Waals surface area contributed by atoms with E-state index in [9.17, 15) is 13.2 Å². The average Bonchev–Trinajstić information content (AvgIpc) is 2.70. The normalized spacial score (nSPS) is 15.6. The third-order valence-corrected chi connectivity index (χ3v) is 7.22. The predicted molar refractivity (Wildman–Crippen MR) is 112 cm³/mol. The average molecular weight is 412 g/mol. The van der Waals surface area contributed by atoms with Crippen LogP contribution < -0.4 is 5.32 Å². The summed E-state index contributed by atoms with van der Waals surface area (Å²) < 4.78 is 27.5. The molecular weight excluding hydrogens is 386 g/mol. The van der Waals surface area contributed by atoms with Crippen LogP contribution in [-0.4, -0.2) is 31.7 Å².